The molecule has 1 aromatic rings. The van der Waals surface area contributed by atoms with Crippen molar-refractivity contribution >= 4 is 0 Å². The van der Waals surface area contributed by atoms with Gasteiger partial charge in [-0.2, -0.15) is 0 Å². The number of benzene rings is 1. The summed E-state index contributed by atoms with van der Waals surface area (Å²) in [7, 11) is 0. The summed E-state index contributed by atoms with van der Waals surface area (Å²) in [6.07, 6.45) is -0.546. The smallest absolute Gasteiger partial charge is 0.102 e. The number of ether oxygens (including phenoxy) is 1. The van der Waals surface area contributed by atoms with E-state index in [4.69, 9.17) is 4.74 Å². The van der Waals surface area contributed by atoms with Crippen LogP contribution in [0.25, 0.3) is 0 Å². The lowest BCUT2D eigenvalue weighted by atomic mass is 10.1. The molecule has 0 aliphatic rings. The van der Waals surface area contributed by atoms with Crippen LogP contribution in [0.5, 0.6) is 0 Å². The topological polar surface area (TPSA) is 29.5 Å². The molecule has 0 aromatic heterocycles. The molecule has 2 nitrogen and oxygen atoms in total. The molecule has 1 atom stereocenters. The fourth-order valence-electron chi connectivity index (χ4n) is 1.12. The second-order valence-electron chi connectivity index (χ2n) is 3.40. The average Bonchev–Trinajstić information content (AvgIpc) is 2.18. The highest BCUT2D eigenvalue weighted by atomic mass is 16.5. The average molecular weight is 192 g/mol. The van der Waals surface area contributed by atoms with Crippen LogP contribution in [0.1, 0.15) is 18.6 Å². The van der Waals surface area contributed by atoms with E-state index in [-0.39, 0.29) is 0 Å². The lowest BCUT2D eigenvalue weighted by Gasteiger charge is -2.11. The van der Waals surface area contributed by atoms with Crippen molar-refractivity contribution in [1.29, 1.82) is 0 Å². The van der Waals surface area contributed by atoms with Crippen molar-refractivity contribution in [1.82, 2.24) is 0 Å². The first-order chi connectivity index (χ1) is 6.70. The van der Waals surface area contributed by atoms with E-state index in [2.05, 4.69) is 6.58 Å². The molecular weight excluding hydrogens is 176 g/mol. The normalized spacial score (nSPS) is 12.4. The third kappa shape index (κ3) is 3.73. The summed E-state index contributed by atoms with van der Waals surface area (Å²) in [5.74, 6) is 0. The maximum absolute atomic E-state index is 9.68. The van der Waals surface area contributed by atoms with Gasteiger partial charge in [-0.25, -0.2) is 0 Å². The Morgan fingerprint density at radius 2 is 2.07 bits per heavy atom. The summed E-state index contributed by atoms with van der Waals surface area (Å²) in [5.41, 5.74) is 1.85. The molecule has 0 bridgehead atoms. The minimum absolute atomic E-state index is 0.316. The fraction of sp³-hybridized carbons (Fsp3) is 0.333. The van der Waals surface area contributed by atoms with Crippen LogP contribution in [0, 0.1) is 0 Å². The van der Waals surface area contributed by atoms with Crippen LogP contribution in [0.15, 0.2) is 42.5 Å². The monoisotopic (exact) mass is 192 g/mol. The number of aliphatic hydroxyl groups is 1. The van der Waals surface area contributed by atoms with Crippen molar-refractivity contribution in [3.8, 4) is 0 Å². The Labute approximate surface area is 84.8 Å². The first kappa shape index (κ1) is 11.0. The molecule has 0 amide bonds. The SMILES string of the molecule is C=C(C)COC[C@H](O)c1ccccc1. The zero-order valence-corrected chi connectivity index (χ0v) is 8.44. The van der Waals surface area contributed by atoms with Crippen molar-refractivity contribution < 1.29 is 9.84 Å². The van der Waals surface area contributed by atoms with Gasteiger partial charge in [0.25, 0.3) is 0 Å². The van der Waals surface area contributed by atoms with E-state index in [1.54, 1.807) is 0 Å². The van der Waals surface area contributed by atoms with E-state index in [0.29, 0.717) is 13.2 Å². The van der Waals surface area contributed by atoms with Crippen molar-refractivity contribution in [2.24, 2.45) is 0 Å². The van der Waals surface area contributed by atoms with Crippen molar-refractivity contribution in [3.05, 3.63) is 48.0 Å². The van der Waals surface area contributed by atoms with Gasteiger partial charge in [0.15, 0.2) is 0 Å². The van der Waals surface area contributed by atoms with Gasteiger partial charge >= 0.3 is 0 Å². The standard InChI is InChI=1S/C12H16O2/c1-10(2)8-14-9-12(13)11-6-4-3-5-7-11/h3-7,12-13H,1,8-9H2,2H3/t12-/m0/s1. The summed E-state index contributed by atoms with van der Waals surface area (Å²) >= 11 is 0. The van der Waals surface area contributed by atoms with Gasteiger partial charge in [-0.1, -0.05) is 42.5 Å². The van der Waals surface area contributed by atoms with Crippen molar-refractivity contribution in [3.63, 3.8) is 0 Å². The van der Waals surface area contributed by atoms with E-state index in [1.807, 2.05) is 37.3 Å². The zero-order valence-electron chi connectivity index (χ0n) is 8.44. The van der Waals surface area contributed by atoms with Crippen LogP contribution in [-0.2, 0) is 4.74 Å². The molecule has 0 unspecified atom stereocenters. The molecule has 0 radical (unpaired) electrons. The molecule has 1 N–H and O–H groups in total. The molecule has 0 spiro atoms. The van der Waals surface area contributed by atoms with E-state index >= 15 is 0 Å². The second-order valence-corrected chi connectivity index (χ2v) is 3.40. The highest BCUT2D eigenvalue weighted by Gasteiger charge is 2.05. The van der Waals surface area contributed by atoms with E-state index in [0.717, 1.165) is 11.1 Å². The van der Waals surface area contributed by atoms with Gasteiger partial charge in [-0.05, 0) is 12.5 Å². The Kier molecular flexibility index (Phi) is 4.36. The Hall–Kier alpha value is -1.12. The van der Waals surface area contributed by atoms with E-state index in [9.17, 15) is 5.11 Å². The predicted molar refractivity (Wildman–Crippen MR) is 57.0 cm³/mol. The molecule has 0 aliphatic carbocycles. The van der Waals surface area contributed by atoms with E-state index < -0.39 is 6.10 Å². The summed E-state index contributed by atoms with van der Waals surface area (Å²) in [6, 6.07) is 9.49. The van der Waals surface area contributed by atoms with Gasteiger partial charge in [0, 0.05) is 0 Å². The molecule has 1 rings (SSSR count). The molecule has 0 heterocycles. The highest BCUT2D eigenvalue weighted by molar-refractivity contribution is 5.17. The van der Waals surface area contributed by atoms with Crippen molar-refractivity contribution in [2.75, 3.05) is 13.2 Å². The van der Waals surface area contributed by atoms with Crippen LogP contribution in [0.2, 0.25) is 0 Å². The van der Waals surface area contributed by atoms with Gasteiger partial charge in [-0.15, -0.1) is 0 Å². The largest absolute Gasteiger partial charge is 0.386 e. The van der Waals surface area contributed by atoms with Crippen LogP contribution in [0.3, 0.4) is 0 Å². The molecule has 0 fully saturated rings. The van der Waals surface area contributed by atoms with Gasteiger partial charge in [0.2, 0.25) is 0 Å². The van der Waals surface area contributed by atoms with Crippen molar-refractivity contribution in [2.45, 2.75) is 13.0 Å². The number of rotatable bonds is 5. The van der Waals surface area contributed by atoms with Crippen LogP contribution < -0.4 is 0 Å². The Balaban J connectivity index is 2.36. The predicted octanol–water partition coefficient (Wildman–Crippen LogP) is 2.31. The van der Waals surface area contributed by atoms with Gasteiger partial charge in [0.1, 0.15) is 6.10 Å². The van der Waals surface area contributed by atoms with Crippen LogP contribution >= 0.6 is 0 Å². The summed E-state index contributed by atoms with van der Waals surface area (Å²) in [6.45, 7) is 6.44. The minimum Gasteiger partial charge on any atom is -0.386 e. The van der Waals surface area contributed by atoms with Crippen LogP contribution in [0.4, 0.5) is 0 Å². The minimum atomic E-state index is -0.546. The summed E-state index contributed by atoms with van der Waals surface area (Å²) < 4.78 is 5.26. The first-order valence-corrected chi connectivity index (χ1v) is 4.65. The Morgan fingerprint density at radius 3 is 2.64 bits per heavy atom. The number of hydrogen-bond acceptors (Lipinski definition) is 2. The summed E-state index contributed by atoms with van der Waals surface area (Å²) in [5, 5.41) is 9.68. The molecule has 0 aliphatic heterocycles. The van der Waals surface area contributed by atoms with E-state index in [1.165, 1.54) is 0 Å². The maximum atomic E-state index is 9.68. The second kappa shape index (κ2) is 5.58. The Morgan fingerprint density at radius 1 is 1.43 bits per heavy atom. The molecule has 0 saturated heterocycles. The van der Waals surface area contributed by atoms with Crippen LogP contribution in [-0.4, -0.2) is 18.3 Å². The fourth-order valence-corrected chi connectivity index (χ4v) is 1.12. The molecule has 2 heteroatoms. The van der Waals surface area contributed by atoms with Gasteiger partial charge in [0.05, 0.1) is 13.2 Å². The van der Waals surface area contributed by atoms with Gasteiger partial charge in [-0.3, -0.25) is 0 Å². The Bertz CT molecular complexity index is 280. The zero-order chi connectivity index (χ0) is 10.4. The lowest BCUT2D eigenvalue weighted by Crippen LogP contribution is -2.08. The third-order valence-electron chi connectivity index (χ3n) is 1.81. The quantitative estimate of drug-likeness (QED) is 0.725. The van der Waals surface area contributed by atoms with Gasteiger partial charge < -0.3 is 9.84 Å². The maximum Gasteiger partial charge on any atom is 0.102 e. The summed E-state index contributed by atoms with van der Waals surface area (Å²) in [4.78, 5) is 0. The lowest BCUT2D eigenvalue weighted by molar-refractivity contribution is 0.0462. The molecule has 14 heavy (non-hydrogen) atoms. The highest BCUT2D eigenvalue weighted by Crippen LogP contribution is 2.12. The number of aliphatic hydroxyl groups excluding tert-OH is 1. The third-order valence-corrected chi connectivity index (χ3v) is 1.81. The molecular formula is C12H16O2. The molecule has 0 saturated carbocycles. The molecule has 1 aromatic carbocycles. The number of hydrogen-bond donors (Lipinski definition) is 1. The molecule has 76 valence electrons. The first-order valence-electron chi connectivity index (χ1n) is 4.65.